The summed E-state index contributed by atoms with van der Waals surface area (Å²) in [5, 5.41) is 6.04. The van der Waals surface area contributed by atoms with Crippen molar-refractivity contribution in [1.82, 2.24) is 15.6 Å². The minimum absolute atomic E-state index is 0.196. The highest BCUT2D eigenvalue weighted by Crippen LogP contribution is 2.04. The summed E-state index contributed by atoms with van der Waals surface area (Å²) in [6, 6.07) is 2.87. The first-order valence-electron chi connectivity index (χ1n) is 7.03. The Morgan fingerprint density at radius 1 is 1.52 bits per heavy atom. The molecule has 1 aromatic rings. The lowest BCUT2D eigenvalue weighted by atomic mass is 10.1. The summed E-state index contributed by atoms with van der Waals surface area (Å²) in [5.74, 6) is -0.880. The molecule has 1 fully saturated rings. The second-order valence-electron chi connectivity index (χ2n) is 4.89. The van der Waals surface area contributed by atoms with E-state index in [9.17, 15) is 9.59 Å². The number of nitrogens with zero attached hydrogens (tertiary/aromatic N) is 1. The standard InChI is InChI=1S/C14H20N4O3/c15-13(19)10-3-5-17-12(8-10)14(20)18-4-1-2-11-9-16-6-7-21-11/h3,5,8,11,16H,1-2,4,6-7,9H2,(H2,15,19)(H,18,20). The van der Waals surface area contributed by atoms with Gasteiger partial charge in [0.2, 0.25) is 5.91 Å². The van der Waals surface area contributed by atoms with Gasteiger partial charge in [-0.1, -0.05) is 0 Å². The minimum Gasteiger partial charge on any atom is -0.376 e. The van der Waals surface area contributed by atoms with Crippen molar-refractivity contribution >= 4 is 11.8 Å². The van der Waals surface area contributed by atoms with Crippen LogP contribution in [0.25, 0.3) is 0 Å². The first kappa shape index (κ1) is 15.4. The van der Waals surface area contributed by atoms with Gasteiger partial charge in [0.15, 0.2) is 0 Å². The lowest BCUT2D eigenvalue weighted by Gasteiger charge is -2.23. The highest BCUT2D eigenvalue weighted by molar-refractivity contribution is 5.97. The summed E-state index contributed by atoms with van der Waals surface area (Å²) in [7, 11) is 0. The molecule has 0 aliphatic carbocycles. The molecule has 7 nitrogen and oxygen atoms in total. The number of pyridine rings is 1. The maximum atomic E-state index is 11.9. The Morgan fingerprint density at radius 2 is 2.38 bits per heavy atom. The van der Waals surface area contributed by atoms with Crippen molar-refractivity contribution in [3.63, 3.8) is 0 Å². The molecule has 1 saturated heterocycles. The number of hydrogen-bond donors (Lipinski definition) is 3. The lowest BCUT2D eigenvalue weighted by Crippen LogP contribution is -2.38. The number of hydrogen-bond acceptors (Lipinski definition) is 5. The van der Waals surface area contributed by atoms with Gasteiger partial charge in [-0.15, -0.1) is 0 Å². The highest BCUT2D eigenvalue weighted by atomic mass is 16.5. The topological polar surface area (TPSA) is 106 Å². The Labute approximate surface area is 123 Å². The van der Waals surface area contributed by atoms with E-state index in [2.05, 4.69) is 15.6 Å². The third kappa shape index (κ3) is 4.80. The molecular formula is C14H20N4O3. The third-order valence-corrected chi connectivity index (χ3v) is 3.27. The molecule has 2 rings (SSSR count). The van der Waals surface area contributed by atoms with Crippen LogP contribution in [-0.2, 0) is 4.74 Å². The number of carbonyl (C=O) groups is 2. The van der Waals surface area contributed by atoms with E-state index in [1.807, 2.05) is 0 Å². The van der Waals surface area contributed by atoms with Crippen molar-refractivity contribution in [2.24, 2.45) is 5.73 Å². The van der Waals surface area contributed by atoms with Crippen LogP contribution in [0.5, 0.6) is 0 Å². The van der Waals surface area contributed by atoms with E-state index in [1.165, 1.54) is 18.3 Å². The van der Waals surface area contributed by atoms with Gasteiger partial charge < -0.3 is 21.1 Å². The van der Waals surface area contributed by atoms with Crippen LogP contribution in [-0.4, -0.2) is 49.1 Å². The fraction of sp³-hybridized carbons (Fsp3) is 0.500. The van der Waals surface area contributed by atoms with Crippen LogP contribution in [0.15, 0.2) is 18.3 Å². The number of primary amides is 1. The quantitative estimate of drug-likeness (QED) is 0.623. The lowest BCUT2D eigenvalue weighted by molar-refractivity contribution is 0.0225. The maximum Gasteiger partial charge on any atom is 0.269 e. The van der Waals surface area contributed by atoms with Gasteiger partial charge in [-0.25, -0.2) is 0 Å². The summed E-state index contributed by atoms with van der Waals surface area (Å²) in [4.78, 5) is 26.9. The molecule has 2 amide bonds. The van der Waals surface area contributed by atoms with Crippen molar-refractivity contribution in [1.29, 1.82) is 0 Å². The van der Waals surface area contributed by atoms with E-state index in [0.717, 1.165) is 32.5 Å². The van der Waals surface area contributed by atoms with Gasteiger partial charge in [0.1, 0.15) is 5.69 Å². The average molecular weight is 292 g/mol. The summed E-state index contributed by atoms with van der Waals surface area (Å²) >= 11 is 0. The number of nitrogens with one attached hydrogen (secondary N) is 2. The first-order chi connectivity index (χ1) is 10.2. The number of morpholine rings is 1. The molecule has 1 aliphatic heterocycles. The van der Waals surface area contributed by atoms with Crippen LogP contribution >= 0.6 is 0 Å². The molecule has 0 bridgehead atoms. The number of rotatable bonds is 6. The van der Waals surface area contributed by atoms with Gasteiger partial charge in [0.05, 0.1) is 12.7 Å². The predicted octanol–water partition coefficient (Wildman–Crippen LogP) is -0.321. The van der Waals surface area contributed by atoms with Gasteiger partial charge in [-0.05, 0) is 25.0 Å². The summed E-state index contributed by atoms with van der Waals surface area (Å²) in [6.45, 7) is 3.04. The van der Waals surface area contributed by atoms with Crippen LogP contribution in [0, 0.1) is 0 Å². The zero-order chi connectivity index (χ0) is 15.1. The Kier molecular flexibility index (Phi) is 5.65. The van der Waals surface area contributed by atoms with E-state index in [4.69, 9.17) is 10.5 Å². The van der Waals surface area contributed by atoms with Gasteiger partial charge in [0.25, 0.3) is 5.91 Å². The summed E-state index contributed by atoms with van der Waals surface area (Å²) < 4.78 is 5.57. The summed E-state index contributed by atoms with van der Waals surface area (Å²) in [5.41, 5.74) is 5.64. The van der Waals surface area contributed by atoms with Crippen LogP contribution in [0.1, 0.15) is 33.7 Å². The largest absolute Gasteiger partial charge is 0.376 e. The fourth-order valence-corrected chi connectivity index (χ4v) is 2.14. The van der Waals surface area contributed by atoms with Crippen molar-refractivity contribution < 1.29 is 14.3 Å². The number of aromatic nitrogens is 1. The maximum absolute atomic E-state index is 11.9. The smallest absolute Gasteiger partial charge is 0.269 e. The molecule has 0 aromatic carbocycles. The SMILES string of the molecule is NC(=O)c1ccnc(C(=O)NCCCC2CNCCO2)c1. The molecule has 0 radical (unpaired) electrons. The Hall–Kier alpha value is -1.99. The van der Waals surface area contributed by atoms with Gasteiger partial charge >= 0.3 is 0 Å². The molecule has 0 spiro atoms. The molecule has 114 valence electrons. The molecule has 1 unspecified atom stereocenters. The Bertz CT molecular complexity index is 501. The minimum atomic E-state index is -0.576. The molecule has 2 heterocycles. The van der Waals surface area contributed by atoms with Crippen LogP contribution in [0.3, 0.4) is 0 Å². The first-order valence-corrected chi connectivity index (χ1v) is 7.03. The molecule has 0 saturated carbocycles. The average Bonchev–Trinajstić information content (AvgIpc) is 2.52. The van der Waals surface area contributed by atoms with E-state index >= 15 is 0 Å². The number of nitrogens with two attached hydrogens (primary N) is 1. The summed E-state index contributed by atoms with van der Waals surface area (Å²) in [6.07, 6.45) is 3.33. The molecule has 1 aliphatic rings. The monoisotopic (exact) mass is 292 g/mol. The molecule has 1 aromatic heterocycles. The molecule has 7 heteroatoms. The number of ether oxygens (including phenoxy) is 1. The second kappa shape index (κ2) is 7.70. The third-order valence-electron chi connectivity index (χ3n) is 3.27. The number of carbonyl (C=O) groups excluding carboxylic acids is 2. The van der Waals surface area contributed by atoms with Gasteiger partial charge in [0, 0.05) is 31.4 Å². The fourth-order valence-electron chi connectivity index (χ4n) is 2.14. The van der Waals surface area contributed by atoms with E-state index in [1.54, 1.807) is 0 Å². The van der Waals surface area contributed by atoms with Crippen molar-refractivity contribution in [3.8, 4) is 0 Å². The van der Waals surface area contributed by atoms with Crippen LogP contribution < -0.4 is 16.4 Å². The van der Waals surface area contributed by atoms with E-state index in [-0.39, 0.29) is 23.3 Å². The Morgan fingerprint density at radius 3 is 3.10 bits per heavy atom. The Balaban J connectivity index is 1.74. The normalized spacial score (nSPS) is 18.2. The van der Waals surface area contributed by atoms with E-state index < -0.39 is 5.91 Å². The second-order valence-corrected chi connectivity index (χ2v) is 4.89. The van der Waals surface area contributed by atoms with Crippen molar-refractivity contribution in [3.05, 3.63) is 29.6 Å². The van der Waals surface area contributed by atoms with Crippen molar-refractivity contribution in [2.45, 2.75) is 18.9 Å². The molecule has 1 atom stereocenters. The molecule has 4 N–H and O–H groups in total. The molecular weight excluding hydrogens is 272 g/mol. The zero-order valence-corrected chi connectivity index (χ0v) is 11.8. The van der Waals surface area contributed by atoms with Gasteiger partial charge in [-0.2, -0.15) is 0 Å². The van der Waals surface area contributed by atoms with Crippen LogP contribution in [0.4, 0.5) is 0 Å². The zero-order valence-electron chi connectivity index (χ0n) is 11.8. The predicted molar refractivity (Wildman–Crippen MR) is 76.9 cm³/mol. The van der Waals surface area contributed by atoms with Crippen LogP contribution in [0.2, 0.25) is 0 Å². The van der Waals surface area contributed by atoms with E-state index in [0.29, 0.717) is 6.54 Å². The number of amides is 2. The van der Waals surface area contributed by atoms with Gasteiger partial charge in [-0.3, -0.25) is 14.6 Å². The van der Waals surface area contributed by atoms with Crippen molar-refractivity contribution in [2.75, 3.05) is 26.2 Å². The molecule has 21 heavy (non-hydrogen) atoms. The highest BCUT2D eigenvalue weighted by Gasteiger charge is 2.13.